The molecular formula is C17H22N4O. The Hall–Kier alpha value is -2.30. The van der Waals surface area contributed by atoms with Crippen molar-refractivity contribution in [3.05, 3.63) is 47.3 Å². The fourth-order valence-corrected chi connectivity index (χ4v) is 3.04. The molecule has 1 amide bonds. The summed E-state index contributed by atoms with van der Waals surface area (Å²) in [5.41, 5.74) is 9.38. The Morgan fingerprint density at radius 1 is 1.36 bits per heavy atom. The minimum atomic E-state index is -0.345. The first-order valence-corrected chi connectivity index (χ1v) is 7.77. The topological polar surface area (TPSA) is 64.2 Å². The summed E-state index contributed by atoms with van der Waals surface area (Å²) in [6, 6.07) is 8.22. The maximum absolute atomic E-state index is 11.6. The molecule has 2 N–H and O–H groups in total. The number of carbonyl (C=O) groups excluding carboxylic acids is 1. The van der Waals surface area contributed by atoms with Crippen LogP contribution in [0.3, 0.4) is 0 Å². The molecule has 116 valence electrons. The fourth-order valence-electron chi connectivity index (χ4n) is 3.04. The van der Waals surface area contributed by atoms with Crippen molar-refractivity contribution in [1.29, 1.82) is 0 Å². The standard InChI is InChI=1S/C17H22N4O/c1-12(2)21-10-8-13(19-21)11-20-9-4-6-14-15(17(18)22)5-3-7-16(14)20/h3,5,7-8,10,12H,4,6,9,11H2,1-2H3,(H2,18,22). The van der Waals surface area contributed by atoms with Crippen LogP contribution in [0.4, 0.5) is 5.69 Å². The molecule has 0 unspecified atom stereocenters. The summed E-state index contributed by atoms with van der Waals surface area (Å²) in [6.45, 7) is 5.97. The lowest BCUT2D eigenvalue weighted by Gasteiger charge is -2.31. The molecular weight excluding hydrogens is 276 g/mol. The van der Waals surface area contributed by atoms with Crippen LogP contribution in [0.25, 0.3) is 0 Å². The molecule has 1 aromatic heterocycles. The van der Waals surface area contributed by atoms with Crippen LogP contribution in [0.1, 0.15) is 47.9 Å². The van der Waals surface area contributed by atoms with Gasteiger partial charge < -0.3 is 10.6 Å². The molecule has 1 aromatic carbocycles. The average molecular weight is 298 g/mol. The highest BCUT2D eigenvalue weighted by molar-refractivity contribution is 5.96. The number of nitrogens with two attached hydrogens (primary N) is 1. The first-order valence-electron chi connectivity index (χ1n) is 7.77. The molecule has 0 saturated carbocycles. The molecule has 0 atom stereocenters. The average Bonchev–Trinajstić information content (AvgIpc) is 2.95. The van der Waals surface area contributed by atoms with Gasteiger partial charge in [0.05, 0.1) is 12.2 Å². The Morgan fingerprint density at radius 3 is 2.86 bits per heavy atom. The van der Waals surface area contributed by atoms with E-state index in [1.165, 1.54) is 0 Å². The van der Waals surface area contributed by atoms with Crippen molar-refractivity contribution in [1.82, 2.24) is 9.78 Å². The maximum Gasteiger partial charge on any atom is 0.249 e. The molecule has 2 aromatic rings. The SMILES string of the molecule is CC(C)n1ccc(CN2CCCc3c(C(N)=O)cccc32)n1. The second-order valence-electron chi connectivity index (χ2n) is 6.07. The smallest absolute Gasteiger partial charge is 0.249 e. The van der Waals surface area contributed by atoms with E-state index in [-0.39, 0.29) is 5.91 Å². The van der Waals surface area contributed by atoms with Crippen molar-refractivity contribution in [2.75, 3.05) is 11.4 Å². The lowest BCUT2D eigenvalue weighted by molar-refractivity contribution is 0.0999. The van der Waals surface area contributed by atoms with Gasteiger partial charge in [0.2, 0.25) is 5.91 Å². The molecule has 1 aliphatic heterocycles. The second-order valence-corrected chi connectivity index (χ2v) is 6.07. The van der Waals surface area contributed by atoms with Crippen molar-refractivity contribution in [3.8, 4) is 0 Å². The third-order valence-corrected chi connectivity index (χ3v) is 4.16. The Bertz CT molecular complexity index is 690. The number of nitrogens with zero attached hydrogens (tertiary/aromatic N) is 3. The van der Waals surface area contributed by atoms with Gasteiger partial charge in [-0.2, -0.15) is 5.10 Å². The second kappa shape index (κ2) is 5.83. The monoisotopic (exact) mass is 298 g/mol. The molecule has 0 aliphatic carbocycles. The van der Waals surface area contributed by atoms with Crippen LogP contribution in [-0.4, -0.2) is 22.2 Å². The number of primary amides is 1. The maximum atomic E-state index is 11.6. The Kier molecular flexibility index (Phi) is 3.88. The first kappa shape index (κ1) is 14.6. The van der Waals surface area contributed by atoms with E-state index in [9.17, 15) is 4.79 Å². The number of anilines is 1. The van der Waals surface area contributed by atoms with Gasteiger partial charge in [-0.15, -0.1) is 0 Å². The van der Waals surface area contributed by atoms with Crippen LogP contribution < -0.4 is 10.6 Å². The molecule has 1 aliphatic rings. The molecule has 0 fully saturated rings. The molecule has 5 nitrogen and oxygen atoms in total. The lowest BCUT2D eigenvalue weighted by Crippen LogP contribution is -2.30. The molecule has 0 spiro atoms. The van der Waals surface area contributed by atoms with E-state index >= 15 is 0 Å². The van der Waals surface area contributed by atoms with Crippen molar-refractivity contribution in [2.24, 2.45) is 5.73 Å². The summed E-state index contributed by atoms with van der Waals surface area (Å²) >= 11 is 0. The summed E-state index contributed by atoms with van der Waals surface area (Å²) in [6.07, 6.45) is 3.96. The third kappa shape index (κ3) is 2.71. The van der Waals surface area contributed by atoms with Gasteiger partial charge >= 0.3 is 0 Å². The summed E-state index contributed by atoms with van der Waals surface area (Å²) in [7, 11) is 0. The van der Waals surface area contributed by atoms with Crippen molar-refractivity contribution >= 4 is 11.6 Å². The molecule has 0 saturated heterocycles. The van der Waals surface area contributed by atoms with Crippen LogP contribution >= 0.6 is 0 Å². The van der Waals surface area contributed by atoms with Crippen molar-refractivity contribution < 1.29 is 4.79 Å². The van der Waals surface area contributed by atoms with E-state index in [4.69, 9.17) is 5.73 Å². The number of hydrogen-bond acceptors (Lipinski definition) is 3. The van der Waals surface area contributed by atoms with Crippen LogP contribution in [-0.2, 0) is 13.0 Å². The quantitative estimate of drug-likeness (QED) is 0.943. The third-order valence-electron chi connectivity index (χ3n) is 4.16. The van der Waals surface area contributed by atoms with Crippen LogP contribution in [0.5, 0.6) is 0 Å². The summed E-state index contributed by atoms with van der Waals surface area (Å²) < 4.78 is 1.97. The fraction of sp³-hybridized carbons (Fsp3) is 0.412. The largest absolute Gasteiger partial charge is 0.366 e. The number of fused-ring (bicyclic) bond motifs is 1. The zero-order chi connectivity index (χ0) is 15.7. The number of hydrogen-bond donors (Lipinski definition) is 1. The Balaban J connectivity index is 1.88. The van der Waals surface area contributed by atoms with Gasteiger partial charge in [-0.25, -0.2) is 0 Å². The van der Waals surface area contributed by atoms with Crippen LogP contribution in [0.15, 0.2) is 30.5 Å². The van der Waals surface area contributed by atoms with E-state index in [0.29, 0.717) is 11.6 Å². The van der Waals surface area contributed by atoms with E-state index in [1.807, 2.05) is 23.0 Å². The van der Waals surface area contributed by atoms with E-state index in [1.54, 1.807) is 0 Å². The Labute approximate surface area is 130 Å². The predicted octanol–water partition coefficient (Wildman–Crippen LogP) is 2.52. The van der Waals surface area contributed by atoms with Gasteiger partial charge in [-0.3, -0.25) is 9.48 Å². The van der Waals surface area contributed by atoms with Gasteiger partial charge in [0.15, 0.2) is 0 Å². The summed E-state index contributed by atoms with van der Waals surface area (Å²) in [4.78, 5) is 13.9. The summed E-state index contributed by atoms with van der Waals surface area (Å²) in [5, 5.41) is 4.62. The molecule has 5 heteroatoms. The van der Waals surface area contributed by atoms with Gasteiger partial charge in [0.25, 0.3) is 0 Å². The first-order chi connectivity index (χ1) is 10.6. The molecule has 0 bridgehead atoms. The zero-order valence-electron chi connectivity index (χ0n) is 13.1. The number of rotatable bonds is 4. The molecule has 0 radical (unpaired) electrons. The highest BCUT2D eigenvalue weighted by Gasteiger charge is 2.21. The number of carbonyl (C=O) groups is 1. The number of aromatic nitrogens is 2. The number of benzene rings is 1. The minimum Gasteiger partial charge on any atom is -0.366 e. The van der Waals surface area contributed by atoms with Gasteiger partial charge in [-0.1, -0.05) is 6.07 Å². The van der Waals surface area contributed by atoms with Crippen LogP contribution in [0, 0.1) is 0 Å². The van der Waals surface area contributed by atoms with Gasteiger partial charge in [0, 0.05) is 30.0 Å². The van der Waals surface area contributed by atoms with E-state index in [2.05, 4.69) is 36.0 Å². The molecule has 3 rings (SSSR count). The van der Waals surface area contributed by atoms with Crippen molar-refractivity contribution in [3.63, 3.8) is 0 Å². The van der Waals surface area contributed by atoms with Gasteiger partial charge in [0.1, 0.15) is 0 Å². The van der Waals surface area contributed by atoms with Gasteiger partial charge in [-0.05, 0) is 50.5 Å². The Morgan fingerprint density at radius 2 is 2.18 bits per heavy atom. The van der Waals surface area contributed by atoms with Crippen LogP contribution in [0.2, 0.25) is 0 Å². The number of amides is 1. The highest BCUT2D eigenvalue weighted by Crippen LogP contribution is 2.30. The normalized spacial score (nSPS) is 14.2. The predicted molar refractivity (Wildman–Crippen MR) is 86.9 cm³/mol. The minimum absolute atomic E-state index is 0.345. The lowest BCUT2D eigenvalue weighted by atomic mass is 9.96. The highest BCUT2D eigenvalue weighted by atomic mass is 16.1. The van der Waals surface area contributed by atoms with E-state index in [0.717, 1.165) is 42.9 Å². The summed E-state index contributed by atoms with van der Waals surface area (Å²) in [5.74, 6) is -0.345. The van der Waals surface area contributed by atoms with E-state index < -0.39 is 0 Å². The molecule has 22 heavy (non-hydrogen) atoms. The zero-order valence-corrected chi connectivity index (χ0v) is 13.1. The molecule has 2 heterocycles. The van der Waals surface area contributed by atoms with Crippen molar-refractivity contribution in [2.45, 2.75) is 39.3 Å².